The molecule has 1 saturated heterocycles. The normalized spacial score (nSPS) is 22.8. The standard InChI is InChI=1S/C11H20ClNO3/c1-13(7-9(12)8-15-2)11(14)10-5-3-4-6-16-10/h9-10H,3-8H2,1-2H3. The number of ether oxygens (including phenoxy) is 2. The summed E-state index contributed by atoms with van der Waals surface area (Å²) in [4.78, 5) is 13.6. The van der Waals surface area contributed by atoms with Gasteiger partial charge in [-0.3, -0.25) is 4.79 Å². The van der Waals surface area contributed by atoms with Gasteiger partial charge in [0.1, 0.15) is 6.10 Å². The fraction of sp³-hybridized carbons (Fsp3) is 0.909. The number of carbonyl (C=O) groups is 1. The predicted octanol–water partition coefficient (Wildman–Crippen LogP) is 1.27. The first kappa shape index (κ1) is 13.7. The van der Waals surface area contributed by atoms with Gasteiger partial charge in [-0.05, 0) is 19.3 Å². The number of alkyl halides is 1. The van der Waals surface area contributed by atoms with Crippen LogP contribution in [0.2, 0.25) is 0 Å². The first-order valence-corrected chi connectivity index (χ1v) is 6.08. The van der Waals surface area contributed by atoms with Gasteiger partial charge in [-0.15, -0.1) is 11.6 Å². The number of methoxy groups -OCH3 is 1. The van der Waals surface area contributed by atoms with Crippen LogP contribution in [0.15, 0.2) is 0 Å². The highest BCUT2D eigenvalue weighted by molar-refractivity contribution is 6.21. The average molecular weight is 250 g/mol. The highest BCUT2D eigenvalue weighted by atomic mass is 35.5. The van der Waals surface area contributed by atoms with Gasteiger partial charge in [0.25, 0.3) is 5.91 Å². The highest BCUT2D eigenvalue weighted by Crippen LogP contribution is 2.15. The molecule has 0 aliphatic carbocycles. The number of amides is 1. The highest BCUT2D eigenvalue weighted by Gasteiger charge is 2.25. The van der Waals surface area contributed by atoms with Gasteiger partial charge in [-0.25, -0.2) is 0 Å². The third-order valence-electron chi connectivity index (χ3n) is 2.65. The zero-order chi connectivity index (χ0) is 12.0. The molecule has 2 atom stereocenters. The molecule has 0 aromatic rings. The zero-order valence-electron chi connectivity index (χ0n) is 9.95. The number of likely N-dealkylation sites (N-methyl/N-ethyl adjacent to an activating group) is 1. The van der Waals surface area contributed by atoms with Gasteiger partial charge in [0, 0.05) is 27.3 Å². The molecular weight excluding hydrogens is 230 g/mol. The molecule has 16 heavy (non-hydrogen) atoms. The molecule has 5 heteroatoms. The molecule has 0 saturated carbocycles. The van der Waals surface area contributed by atoms with Crippen molar-refractivity contribution in [2.24, 2.45) is 0 Å². The summed E-state index contributed by atoms with van der Waals surface area (Å²) < 4.78 is 10.4. The molecule has 1 fully saturated rings. The fourth-order valence-electron chi connectivity index (χ4n) is 1.80. The molecule has 94 valence electrons. The van der Waals surface area contributed by atoms with E-state index < -0.39 is 0 Å². The summed E-state index contributed by atoms with van der Waals surface area (Å²) in [7, 11) is 3.35. The van der Waals surface area contributed by atoms with Crippen LogP contribution in [0.1, 0.15) is 19.3 Å². The number of carbonyl (C=O) groups excluding carboxylic acids is 1. The molecule has 2 unspecified atom stereocenters. The Balaban J connectivity index is 2.34. The molecule has 0 radical (unpaired) electrons. The Morgan fingerprint density at radius 1 is 1.62 bits per heavy atom. The van der Waals surface area contributed by atoms with E-state index in [9.17, 15) is 4.79 Å². The van der Waals surface area contributed by atoms with Crippen LogP contribution in [-0.4, -0.2) is 56.2 Å². The Hall–Kier alpha value is -0.320. The number of rotatable bonds is 5. The van der Waals surface area contributed by atoms with Crippen LogP contribution >= 0.6 is 11.6 Å². The molecule has 1 aliphatic heterocycles. The van der Waals surface area contributed by atoms with Gasteiger partial charge in [0.15, 0.2) is 0 Å². The van der Waals surface area contributed by atoms with E-state index in [-0.39, 0.29) is 17.4 Å². The molecule has 1 amide bonds. The molecule has 1 rings (SSSR count). The Morgan fingerprint density at radius 3 is 2.94 bits per heavy atom. The zero-order valence-corrected chi connectivity index (χ0v) is 10.7. The maximum Gasteiger partial charge on any atom is 0.251 e. The summed E-state index contributed by atoms with van der Waals surface area (Å²) in [6, 6.07) is 0. The van der Waals surface area contributed by atoms with Crippen molar-refractivity contribution in [2.45, 2.75) is 30.7 Å². The SMILES string of the molecule is COCC(Cl)CN(C)C(=O)C1CCCCO1. The lowest BCUT2D eigenvalue weighted by atomic mass is 10.1. The van der Waals surface area contributed by atoms with E-state index in [1.54, 1.807) is 19.1 Å². The van der Waals surface area contributed by atoms with Gasteiger partial charge in [0.05, 0.1) is 12.0 Å². The second-order valence-corrected chi connectivity index (χ2v) is 4.74. The summed E-state index contributed by atoms with van der Waals surface area (Å²) in [6.45, 7) is 1.63. The molecule has 1 heterocycles. The Morgan fingerprint density at radius 2 is 2.38 bits per heavy atom. The fourth-order valence-corrected chi connectivity index (χ4v) is 2.13. The van der Waals surface area contributed by atoms with Crippen LogP contribution < -0.4 is 0 Å². The van der Waals surface area contributed by atoms with E-state index in [0.29, 0.717) is 19.8 Å². The van der Waals surface area contributed by atoms with Crippen molar-refractivity contribution in [3.05, 3.63) is 0 Å². The van der Waals surface area contributed by atoms with Crippen LogP contribution in [0, 0.1) is 0 Å². The summed E-state index contributed by atoms with van der Waals surface area (Å²) in [6.07, 6.45) is 2.66. The lowest BCUT2D eigenvalue weighted by Gasteiger charge is -2.27. The largest absolute Gasteiger partial charge is 0.383 e. The minimum absolute atomic E-state index is 0.0291. The van der Waals surface area contributed by atoms with Gasteiger partial charge in [0.2, 0.25) is 0 Å². The lowest BCUT2D eigenvalue weighted by molar-refractivity contribution is -0.145. The molecule has 0 bridgehead atoms. The number of hydrogen-bond acceptors (Lipinski definition) is 3. The van der Waals surface area contributed by atoms with E-state index in [4.69, 9.17) is 21.1 Å². The van der Waals surface area contributed by atoms with Gasteiger partial charge in [-0.2, -0.15) is 0 Å². The Kier molecular flexibility index (Phi) is 6.09. The van der Waals surface area contributed by atoms with Crippen LogP contribution in [0.3, 0.4) is 0 Å². The predicted molar refractivity (Wildman–Crippen MR) is 62.7 cm³/mol. The minimum atomic E-state index is -0.273. The quantitative estimate of drug-likeness (QED) is 0.689. The number of nitrogens with zero attached hydrogens (tertiary/aromatic N) is 1. The third-order valence-corrected chi connectivity index (χ3v) is 2.91. The van der Waals surface area contributed by atoms with Crippen LogP contribution in [-0.2, 0) is 14.3 Å². The number of hydrogen-bond donors (Lipinski definition) is 0. The molecule has 0 aromatic carbocycles. The van der Waals surface area contributed by atoms with Gasteiger partial charge in [-0.1, -0.05) is 0 Å². The molecular formula is C11H20ClNO3. The second-order valence-electron chi connectivity index (χ2n) is 4.13. The van der Waals surface area contributed by atoms with E-state index in [0.717, 1.165) is 19.3 Å². The molecule has 4 nitrogen and oxygen atoms in total. The monoisotopic (exact) mass is 249 g/mol. The maximum atomic E-state index is 11.9. The van der Waals surface area contributed by atoms with Crippen LogP contribution in [0.5, 0.6) is 0 Å². The van der Waals surface area contributed by atoms with E-state index in [1.165, 1.54) is 0 Å². The van der Waals surface area contributed by atoms with Crippen molar-refractivity contribution in [3.63, 3.8) is 0 Å². The van der Waals surface area contributed by atoms with Gasteiger partial charge < -0.3 is 14.4 Å². The van der Waals surface area contributed by atoms with Crippen LogP contribution in [0.25, 0.3) is 0 Å². The smallest absolute Gasteiger partial charge is 0.251 e. The molecule has 1 aliphatic rings. The van der Waals surface area contributed by atoms with E-state index in [2.05, 4.69) is 0 Å². The molecule has 0 N–H and O–H groups in total. The average Bonchev–Trinajstić information content (AvgIpc) is 2.29. The van der Waals surface area contributed by atoms with Crippen molar-refractivity contribution in [1.82, 2.24) is 4.90 Å². The first-order chi connectivity index (χ1) is 7.65. The Labute approximate surface area is 102 Å². The van der Waals surface area contributed by atoms with Crippen molar-refractivity contribution in [3.8, 4) is 0 Å². The lowest BCUT2D eigenvalue weighted by Crippen LogP contribution is -2.42. The van der Waals surface area contributed by atoms with Crippen molar-refractivity contribution >= 4 is 17.5 Å². The van der Waals surface area contributed by atoms with Crippen molar-refractivity contribution < 1.29 is 14.3 Å². The maximum absolute atomic E-state index is 11.9. The first-order valence-electron chi connectivity index (χ1n) is 5.64. The molecule has 0 spiro atoms. The van der Waals surface area contributed by atoms with E-state index >= 15 is 0 Å². The third kappa shape index (κ3) is 4.28. The molecule has 0 aromatic heterocycles. The topological polar surface area (TPSA) is 38.8 Å². The van der Waals surface area contributed by atoms with Crippen LogP contribution in [0.4, 0.5) is 0 Å². The second kappa shape index (κ2) is 7.09. The summed E-state index contributed by atoms with van der Waals surface area (Å²) in [5.74, 6) is 0.0291. The van der Waals surface area contributed by atoms with Crippen molar-refractivity contribution in [2.75, 3.05) is 33.9 Å². The summed E-state index contributed by atoms with van der Waals surface area (Å²) in [5, 5.41) is -0.164. The van der Waals surface area contributed by atoms with Crippen molar-refractivity contribution in [1.29, 1.82) is 0 Å². The number of halogens is 1. The van der Waals surface area contributed by atoms with Gasteiger partial charge >= 0.3 is 0 Å². The minimum Gasteiger partial charge on any atom is -0.383 e. The van der Waals surface area contributed by atoms with E-state index in [1.807, 2.05) is 0 Å². The summed E-state index contributed by atoms with van der Waals surface area (Å²) in [5.41, 5.74) is 0. The summed E-state index contributed by atoms with van der Waals surface area (Å²) >= 11 is 6.00. The Bertz CT molecular complexity index is 219.